The van der Waals surface area contributed by atoms with E-state index in [0.29, 0.717) is 16.6 Å². The molecule has 2 aromatic carbocycles. The van der Waals surface area contributed by atoms with Gasteiger partial charge in [0.1, 0.15) is 5.82 Å². The second kappa shape index (κ2) is 7.62. The quantitative estimate of drug-likeness (QED) is 0.264. The first-order valence-corrected chi connectivity index (χ1v) is 9.92. The van der Waals surface area contributed by atoms with Crippen molar-refractivity contribution in [1.29, 1.82) is 0 Å². The topological polar surface area (TPSA) is 44.8 Å². The second-order valence-corrected chi connectivity index (χ2v) is 8.10. The number of rotatable bonds is 5. The summed E-state index contributed by atoms with van der Waals surface area (Å²) < 4.78 is 3.10. The molecule has 0 N–H and O–H groups in total. The Hall–Kier alpha value is -2.50. The molecule has 0 aliphatic rings. The predicted octanol–water partition coefficient (Wildman–Crippen LogP) is 5.22. The molecule has 4 nitrogen and oxygen atoms in total. The lowest BCUT2D eigenvalue weighted by Gasteiger charge is -2.14. The van der Waals surface area contributed by atoms with Crippen molar-refractivity contribution in [3.63, 3.8) is 0 Å². The van der Waals surface area contributed by atoms with Gasteiger partial charge in [0, 0.05) is 23.7 Å². The van der Waals surface area contributed by atoms with Crippen molar-refractivity contribution in [1.82, 2.24) is 9.55 Å². The third kappa shape index (κ3) is 3.80. The standard InChI is InChI=1S/C21H18ClN3OS/c1-15(27-20-9-5-6-12-25(20)26)21-23-18-13-17(22)10-11-19(18)24(21)14-16-7-3-2-4-8-16/h2-13,15H,14H2,1H3. The zero-order valence-electron chi connectivity index (χ0n) is 14.7. The van der Waals surface area contributed by atoms with E-state index in [9.17, 15) is 5.21 Å². The first-order chi connectivity index (χ1) is 13.1. The highest BCUT2D eigenvalue weighted by molar-refractivity contribution is 7.99. The molecule has 0 aliphatic heterocycles. The van der Waals surface area contributed by atoms with E-state index < -0.39 is 0 Å². The second-order valence-electron chi connectivity index (χ2n) is 6.30. The van der Waals surface area contributed by atoms with Crippen LogP contribution in [-0.4, -0.2) is 9.55 Å². The van der Waals surface area contributed by atoms with E-state index in [4.69, 9.17) is 16.6 Å². The van der Waals surface area contributed by atoms with Gasteiger partial charge in [-0.1, -0.05) is 41.9 Å². The van der Waals surface area contributed by atoms with Crippen LogP contribution >= 0.6 is 23.4 Å². The molecule has 2 aromatic heterocycles. The molecule has 1 unspecified atom stereocenters. The molecule has 4 rings (SSSR count). The van der Waals surface area contributed by atoms with Gasteiger partial charge in [-0.2, -0.15) is 4.73 Å². The smallest absolute Gasteiger partial charge is 0.252 e. The van der Waals surface area contributed by atoms with Gasteiger partial charge in [-0.05, 0) is 48.5 Å². The van der Waals surface area contributed by atoms with Crippen LogP contribution in [0.25, 0.3) is 11.0 Å². The number of imidazole rings is 1. The molecule has 0 bridgehead atoms. The van der Waals surface area contributed by atoms with Gasteiger partial charge in [-0.25, -0.2) is 4.98 Å². The third-order valence-electron chi connectivity index (χ3n) is 4.37. The lowest BCUT2D eigenvalue weighted by atomic mass is 10.2. The van der Waals surface area contributed by atoms with Crippen molar-refractivity contribution in [2.24, 2.45) is 0 Å². The fraction of sp³-hybridized carbons (Fsp3) is 0.143. The van der Waals surface area contributed by atoms with Crippen molar-refractivity contribution in [2.75, 3.05) is 0 Å². The van der Waals surface area contributed by atoms with E-state index in [-0.39, 0.29) is 5.25 Å². The highest BCUT2D eigenvalue weighted by atomic mass is 35.5. The van der Waals surface area contributed by atoms with Crippen molar-refractivity contribution in [3.8, 4) is 0 Å². The lowest BCUT2D eigenvalue weighted by Crippen LogP contribution is -2.28. The first-order valence-electron chi connectivity index (χ1n) is 8.66. The van der Waals surface area contributed by atoms with Gasteiger partial charge in [0.2, 0.25) is 0 Å². The molecule has 27 heavy (non-hydrogen) atoms. The molecule has 0 spiro atoms. The van der Waals surface area contributed by atoms with Gasteiger partial charge < -0.3 is 9.77 Å². The molecule has 0 aliphatic carbocycles. The van der Waals surface area contributed by atoms with Gasteiger partial charge >= 0.3 is 0 Å². The SMILES string of the molecule is CC(Sc1cccc[n+]1[O-])c1nc2cc(Cl)ccc2n1Cc1ccccc1. The maximum atomic E-state index is 12.0. The molecule has 6 heteroatoms. The normalized spacial score (nSPS) is 12.4. The highest BCUT2D eigenvalue weighted by Crippen LogP contribution is 2.35. The number of benzene rings is 2. The fourth-order valence-electron chi connectivity index (χ4n) is 3.10. The lowest BCUT2D eigenvalue weighted by molar-refractivity contribution is -0.645. The Bertz CT molecular complexity index is 1080. The van der Waals surface area contributed by atoms with Crippen molar-refractivity contribution >= 4 is 34.4 Å². The van der Waals surface area contributed by atoms with E-state index >= 15 is 0 Å². The number of hydrogen-bond donors (Lipinski definition) is 0. The fourth-order valence-corrected chi connectivity index (χ4v) is 4.24. The molecule has 2 heterocycles. The summed E-state index contributed by atoms with van der Waals surface area (Å²) in [5.41, 5.74) is 3.10. The molecular weight excluding hydrogens is 378 g/mol. The van der Waals surface area contributed by atoms with Crippen molar-refractivity contribution in [3.05, 3.63) is 94.5 Å². The molecule has 0 radical (unpaired) electrons. The van der Waals surface area contributed by atoms with Crippen LogP contribution in [0.4, 0.5) is 0 Å². The molecule has 0 fully saturated rings. The molecule has 0 amide bonds. The summed E-state index contributed by atoms with van der Waals surface area (Å²) in [7, 11) is 0. The predicted molar refractivity (Wildman–Crippen MR) is 110 cm³/mol. The summed E-state index contributed by atoms with van der Waals surface area (Å²) in [6.45, 7) is 2.79. The summed E-state index contributed by atoms with van der Waals surface area (Å²) in [5.74, 6) is 0.921. The third-order valence-corrected chi connectivity index (χ3v) is 5.73. The summed E-state index contributed by atoms with van der Waals surface area (Å²) in [6.07, 6.45) is 1.52. The maximum Gasteiger partial charge on any atom is 0.252 e. The van der Waals surface area contributed by atoms with E-state index in [2.05, 4.69) is 23.6 Å². The Labute approximate surface area is 167 Å². The Morgan fingerprint density at radius 2 is 1.89 bits per heavy atom. The number of hydrogen-bond acceptors (Lipinski definition) is 3. The van der Waals surface area contributed by atoms with E-state index in [1.54, 1.807) is 6.07 Å². The van der Waals surface area contributed by atoms with Crippen LogP contribution in [0.15, 0.2) is 78.0 Å². The van der Waals surface area contributed by atoms with Gasteiger partial charge in [-0.15, -0.1) is 0 Å². The van der Waals surface area contributed by atoms with Crippen LogP contribution in [-0.2, 0) is 6.54 Å². The van der Waals surface area contributed by atoms with Crippen LogP contribution in [0.5, 0.6) is 0 Å². The average Bonchev–Trinajstić information content (AvgIpc) is 3.02. The molecule has 136 valence electrons. The van der Waals surface area contributed by atoms with Gasteiger partial charge in [0.25, 0.3) is 5.03 Å². The van der Waals surface area contributed by atoms with Gasteiger partial charge in [0.15, 0.2) is 6.20 Å². The van der Waals surface area contributed by atoms with Crippen molar-refractivity contribution < 1.29 is 4.73 Å². The molecule has 0 saturated carbocycles. The van der Waals surface area contributed by atoms with Crippen LogP contribution in [0.2, 0.25) is 5.02 Å². The van der Waals surface area contributed by atoms with E-state index in [0.717, 1.165) is 21.6 Å². The molecule has 4 aromatic rings. The minimum atomic E-state index is 0.00230. The Morgan fingerprint density at radius 3 is 2.67 bits per heavy atom. The highest BCUT2D eigenvalue weighted by Gasteiger charge is 2.21. The van der Waals surface area contributed by atoms with E-state index in [1.165, 1.54) is 23.5 Å². The zero-order valence-corrected chi connectivity index (χ0v) is 16.3. The van der Waals surface area contributed by atoms with Gasteiger partial charge in [0.05, 0.1) is 16.3 Å². The minimum absolute atomic E-state index is 0.00230. The summed E-state index contributed by atoms with van der Waals surface area (Å²) in [6, 6.07) is 21.5. The molecular formula is C21H18ClN3OS. The maximum absolute atomic E-state index is 12.0. The van der Waals surface area contributed by atoms with Crippen LogP contribution in [0.1, 0.15) is 23.6 Å². The van der Waals surface area contributed by atoms with E-state index in [1.807, 2.05) is 48.5 Å². The number of pyridine rings is 1. The number of fused-ring (bicyclic) bond motifs is 1. The number of thioether (sulfide) groups is 1. The minimum Gasteiger partial charge on any atom is -0.618 e. The summed E-state index contributed by atoms with van der Waals surface area (Å²) >= 11 is 7.67. The number of halogens is 1. The monoisotopic (exact) mass is 395 g/mol. The zero-order chi connectivity index (χ0) is 18.8. The molecule has 0 saturated heterocycles. The van der Waals surface area contributed by atoms with Crippen LogP contribution < -0.4 is 4.73 Å². The average molecular weight is 396 g/mol. The molecule has 1 atom stereocenters. The number of aromatic nitrogens is 3. The first kappa shape index (κ1) is 17.9. The van der Waals surface area contributed by atoms with Gasteiger partial charge in [-0.3, -0.25) is 0 Å². The number of nitrogens with zero attached hydrogens (tertiary/aromatic N) is 3. The van der Waals surface area contributed by atoms with Crippen LogP contribution in [0.3, 0.4) is 0 Å². The Morgan fingerprint density at radius 1 is 1.11 bits per heavy atom. The van der Waals surface area contributed by atoms with Crippen LogP contribution in [0, 0.1) is 5.21 Å². The Balaban J connectivity index is 1.76. The summed E-state index contributed by atoms with van der Waals surface area (Å²) in [4.78, 5) is 4.84. The summed E-state index contributed by atoms with van der Waals surface area (Å²) in [5, 5.41) is 13.4. The van der Waals surface area contributed by atoms with Crippen molar-refractivity contribution in [2.45, 2.75) is 23.7 Å². The largest absolute Gasteiger partial charge is 0.618 e. The Kier molecular flexibility index (Phi) is 5.05.